The molecule has 0 unspecified atom stereocenters. The molecule has 4 heteroatoms. The highest BCUT2D eigenvalue weighted by Crippen LogP contribution is 2.19. The largest absolute Gasteiger partial charge is 0.489 e. The summed E-state index contributed by atoms with van der Waals surface area (Å²) in [7, 11) is 0. The second-order valence-electron chi connectivity index (χ2n) is 6.87. The van der Waals surface area contributed by atoms with Gasteiger partial charge in [0.05, 0.1) is 0 Å². The number of amides is 1. The molecule has 2 aromatic rings. The van der Waals surface area contributed by atoms with Gasteiger partial charge in [0.15, 0.2) is 0 Å². The van der Waals surface area contributed by atoms with Crippen LogP contribution in [0.3, 0.4) is 0 Å². The zero-order chi connectivity index (χ0) is 19.0. The van der Waals surface area contributed by atoms with Crippen LogP contribution in [0.5, 0.6) is 5.75 Å². The van der Waals surface area contributed by atoms with Crippen molar-refractivity contribution in [2.24, 2.45) is 4.99 Å². The number of aliphatic imine (C=N–C) groups is 1. The Kier molecular flexibility index (Phi) is 6.73. The lowest BCUT2D eigenvalue weighted by Gasteiger charge is -2.17. The van der Waals surface area contributed by atoms with Crippen LogP contribution in [0.15, 0.2) is 66.2 Å². The molecule has 0 aliphatic rings. The summed E-state index contributed by atoms with van der Waals surface area (Å²) < 4.78 is 11.1. The fourth-order valence-corrected chi connectivity index (χ4v) is 2.28. The first-order valence-corrected chi connectivity index (χ1v) is 8.55. The first-order valence-electron chi connectivity index (χ1n) is 8.55. The van der Waals surface area contributed by atoms with Crippen molar-refractivity contribution in [2.45, 2.75) is 39.4 Å². The molecule has 0 saturated heterocycles. The van der Waals surface area contributed by atoms with Gasteiger partial charge in [-0.1, -0.05) is 42.5 Å². The molecule has 0 heterocycles. The van der Waals surface area contributed by atoms with Gasteiger partial charge in [0.25, 0.3) is 0 Å². The minimum Gasteiger partial charge on any atom is -0.489 e. The van der Waals surface area contributed by atoms with Gasteiger partial charge in [-0.15, -0.1) is 6.58 Å². The summed E-state index contributed by atoms with van der Waals surface area (Å²) in [6.45, 7) is 9.67. The molecule has 26 heavy (non-hydrogen) atoms. The van der Waals surface area contributed by atoms with E-state index in [1.54, 1.807) is 0 Å². The van der Waals surface area contributed by atoms with E-state index in [-0.39, 0.29) is 0 Å². The molecule has 0 fully saturated rings. The SMILES string of the molecule is C=CCc1ccc(OCc2ccccc2)cc1/C=N/C(=O)OC(C)(C)C. The molecule has 0 aliphatic heterocycles. The number of nitrogens with zero attached hydrogens (tertiary/aromatic N) is 1. The summed E-state index contributed by atoms with van der Waals surface area (Å²) in [5.74, 6) is 0.715. The van der Waals surface area contributed by atoms with E-state index in [2.05, 4.69) is 11.6 Å². The van der Waals surface area contributed by atoms with Gasteiger partial charge < -0.3 is 9.47 Å². The smallest absolute Gasteiger partial charge is 0.434 e. The maximum Gasteiger partial charge on any atom is 0.434 e. The van der Waals surface area contributed by atoms with Crippen LogP contribution in [0.4, 0.5) is 4.79 Å². The van der Waals surface area contributed by atoms with Crippen molar-refractivity contribution in [1.82, 2.24) is 0 Å². The molecule has 0 saturated carbocycles. The lowest BCUT2D eigenvalue weighted by molar-refractivity contribution is 0.0605. The molecule has 1 amide bonds. The van der Waals surface area contributed by atoms with Crippen molar-refractivity contribution in [2.75, 3.05) is 0 Å². The maximum absolute atomic E-state index is 11.8. The Hall–Kier alpha value is -2.88. The molecule has 0 aliphatic carbocycles. The van der Waals surface area contributed by atoms with Gasteiger partial charge in [-0.05, 0) is 50.5 Å². The summed E-state index contributed by atoms with van der Waals surface area (Å²) in [4.78, 5) is 15.7. The van der Waals surface area contributed by atoms with Crippen molar-refractivity contribution in [3.63, 3.8) is 0 Å². The molecular weight excluding hydrogens is 326 g/mol. The van der Waals surface area contributed by atoms with E-state index in [0.29, 0.717) is 18.8 Å². The maximum atomic E-state index is 11.8. The summed E-state index contributed by atoms with van der Waals surface area (Å²) in [6, 6.07) is 15.7. The quantitative estimate of drug-likeness (QED) is 0.521. The lowest BCUT2D eigenvalue weighted by atomic mass is 10.0. The summed E-state index contributed by atoms with van der Waals surface area (Å²) in [5.41, 5.74) is 2.34. The molecule has 0 N–H and O–H groups in total. The van der Waals surface area contributed by atoms with Gasteiger partial charge in [0, 0.05) is 11.8 Å². The first-order chi connectivity index (χ1) is 12.4. The Morgan fingerprint density at radius 1 is 1.15 bits per heavy atom. The highest BCUT2D eigenvalue weighted by Gasteiger charge is 2.15. The van der Waals surface area contributed by atoms with Crippen molar-refractivity contribution in [3.8, 4) is 5.75 Å². The Morgan fingerprint density at radius 3 is 2.54 bits per heavy atom. The van der Waals surface area contributed by atoms with Gasteiger partial charge >= 0.3 is 6.09 Å². The van der Waals surface area contributed by atoms with Crippen molar-refractivity contribution >= 4 is 12.3 Å². The molecule has 0 aromatic heterocycles. The molecule has 4 nitrogen and oxygen atoms in total. The second-order valence-corrected chi connectivity index (χ2v) is 6.87. The zero-order valence-corrected chi connectivity index (χ0v) is 15.6. The topological polar surface area (TPSA) is 47.9 Å². The number of hydrogen-bond acceptors (Lipinski definition) is 3. The number of rotatable bonds is 6. The standard InChI is InChI=1S/C22H25NO3/c1-5-9-18-12-13-20(25-16-17-10-7-6-8-11-17)14-19(18)15-23-21(24)26-22(2,3)4/h5-8,10-15H,1,9,16H2,2-4H3/b23-15+. The third-order valence-corrected chi connectivity index (χ3v) is 3.43. The van der Waals surface area contributed by atoms with E-state index in [1.165, 1.54) is 6.21 Å². The predicted octanol–water partition coefficient (Wildman–Crippen LogP) is 5.35. The molecule has 136 valence electrons. The Morgan fingerprint density at radius 2 is 1.88 bits per heavy atom. The Bertz CT molecular complexity index is 774. The molecular formula is C22H25NO3. The van der Waals surface area contributed by atoms with E-state index in [4.69, 9.17) is 9.47 Å². The van der Waals surface area contributed by atoms with Crippen LogP contribution in [0.25, 0.3) is 0 Å². The molecule has 0 radical (unpaired) electrons. The fourth-order valence-electron chi connectivity index (χ4n) is 2.28. The van der Waals surface area contributed by atoms with Crippen LogP contribution in [0, 0.1) is 0 Å². The molecule has 0 spiro atoms. The van der Waals surface area contributed by atoms with Crippen molar-refractivity contribution in [3.05, 3.63) is 77.9 Å². The van der Waals surface area contributed by atoms with Crippen LogP contribution in [0.1, 0.15) is 37.5 Å². The first kappa shape index (κ1) is 19.4. The van der Waals surface area contributed by atoms with Crippen LogP contribution in [0.2, 0.25) is 0 Å². The van der Waals surface area contributed by atoms with E-state index in [9.17, 15) is 4.79 Å². The van der Waals surface area contributed by atoms with Crippen molar-refractivity contribution in [1.29, 1.82) is 0 Å². The normalized spacial score (nSPS) is 11.3. The Labute approximate surface area is 155 Å². The highest BCUT2D eigenvalue weighted by molar-refractivity contribution is 5.90. The number of allylic oxidation sites excluding steroid dienone is 1. The average Bonchev–Trinajstić information content (AvgIpc) is 2.59. The van der Waals surface area contributed by atoms with E-state index in [1.807, 2.05) is 75.4 Å². The minimum atomic E-state index is -0.613. The fraction of sp³-hybridized carbons (Fsp3) is 0.273. The van der Waals surface area contributed by atoms with Gasteiger partial charge in [0.1, 0.15) is 18.0 Å². The van der Waals surface area contributed by atoms with Gasteiger partial charge in [-0.25, -0.2) is 4.79 Å². The van der Waals surface area contributed by atoms with Crippen LogP contribution in [-0.2, 0) is 17.8 Å². The third kappa shape index (κ3) is 6.55. The molecule has 0 bridgehead atoms. The lowest BCUT2D eigenvalue weighted by Crippen LogP contribution is -2.21. The Balaban J connectivity index is 2.14. The highest BCUT2D eigenvalue weighted by atomic mass is 16.6. The van der Waals surface area contributed by atoms with E-state index >= 15 is 0 Å². The number of carbonyl (C=O) groups is 1. The third-order valence-electron chi connectivity index (χ3n) is 3.43. The molecule has 0 atom stereocenters. The summed E-state index contributed by atoms with van der Waals surface area (Å²) in [6.07, 6.45) is 3.39. The van der Waals surface area contributed by atoms with Gasteiger partial charge in [0.2, 0.25) is 0 Å². The zero-order valence-electron chi connectivity index (χ0n) is 15.6. The predicted molar refractivity (Wildman–Crippen MR) is 105 cm³/mol. The van der Waals surface area contributed by atoms with E-state index in [0.717, 1.165) is 16.7 Å². The van der Waals surface area contributed by atoms with Gasteiger partial charge in [-0.2, -0.15) is 4.99 Å². The average molecular weight is 351 g/mol. The van der Waals surface area contributed by atoms with Crippen LogP contribution >= 0.6 is 0 Å². The number of hydrogen-bond donors (Lipinski definition) is 0. The number of benzene rings is 2. The minimum absolute atomic E-state index is 0.476. The monoisotopic (exact) mass is 351 g/mol. The number of ether oxygens (including phenoxy) is 2. The number of carbonyl (C=O) groups excluding carboxylic acids is 1. The van der Waals surface area contributed by atoms with Crippen LogP contribution < -0.4 is 4.74 Å². The molecule has 2 rings (SSSR count). The van der Waals surface area contributed by atoms with E-state index < -0.39 is 11.7 Å². The molecule has 2 aromatic carbocycles. The van der Waals surface area contributed by atoms with Crippen LogP contribution in [-0.4, -0.2) is 17.9 Å². The summed E-state index contributed by atoms with van der Waals surface area (Å²) >= 11 is 0. The van der Waals surface area contributed by atoms with Crippen molar-refractivity contribution < 1.29 is 14.3 Å². The second kappa shape index (κ2) is 8.99. The van der Waals surface area contributed by atoms with Gasteiger partial charge in [-0.3, -0.25) is 0 Å². The summed E-state index contributed by atoms with van der Waals surface area (Å²) in [5, 5.41) is 0.